The predicted molar refractivity (Wildman–Crippen MR) is 211 cm³/mol. The van der Waals surface area contributed by atoms with E-state index in [2.05, 4.69) is 132 Å². The van der Waals surface area contributed by atoms with E-state index >= 15 is 0 Å². The Kier molecular flexibility index (Phi) is 6.05. The van der Waals surface area contributed by atoms with E-state index in [1.807, 2.05) is 30.3 Å². The van der Waals surface area contributed by atoms with E-state index in [1.54, 1.807) is 11.3 Å². The summed E-state index contributed by atoms with van der Waals surface area (Å²) in [7, 11) is 0. The molecule has 0 saturated carbocycles. The number of aromatic nitrogens is 4. The number of para-hydroxylation sites is 3. The Balaban J connectivity index is 1.15. The quantitative estimate of drug-likeness (QED) is 0.187. The molecule has 0 saturated heterocycles. The highest BCUT2D eigenvalue weighted by atomic mass is 32.1. The fourth-order valence-electron chi connectivity index (χ4n) is 7.53. The van der Waals surface area contributed by atoms with E-state index in [1.165, 1.54) is 26.2 Å². The van der Waals surface area contributed by atoms with Crippen LogP contribution in [0, 0.1) is 0 Å². The molecule has 0 N–H and O–H groups in total. The zero-order valence-corrected chi connectivity index (χ0v) is 27.9. The minimum atomic E-state index is 0.613. The maximum atomic E-state index is 6.16. The number of fused-ring (bicyclic) bond motifs is 9. The third-order valence-corrected chi connectivity index (χ3v) is 11.1. The highest BCUT2D eigenvalue weighted by Crippen LogP contribution is 2.40. The van der Waals surface area contributed by atoms with Gasteiger partial charge in [-0.25, -0.2) is 15.0 Å². The van der Waals surface area contributed by atoms with Crippen LogP contribution in [0.15, 0.2) is 162 Å². The van der Waals surface area contributed by atoms with Gasteiger partial charge < -0.3 is 8.98 Å². The first kappa shape index (κ1) is 28.2. The van der Waals surface area contributed by atoms with Crippen LogP contribution in [0.2, 0.25) is 0 Å². The van der Waals surface area contributed by atoms with E-state index in [9.17, 15) is 0 Å². The molecular weight excluding hydrogens is 645 g/mol. The highest BCUT2D eigenvalue weighted by molar-refractivity contribution is 7.26. The summed E-state index contributed by atoms with van der Waals surface area (Å²) in [5, 5.41) is 6.99. The van der Waals surface area contributed by atoms with Crippen LogP contribution in [0.4, 0.5) is 0 Å². The van der Waals surface area contributed by atoms with Gasteiger partial charge >= 0.3 is 0 Å². The minimum Gasteiger partial charge on any atom is -0.456 e. The Morgan fingerprint density at radius 1 is 0.431 bits per heavy atom. The summed E-state index contributed by atoms with van der Waals surface area (Å²) in [5.41, 5.74) is 7.87. The Bertz CT molecular complexity index is 3120. The molecule has 0 amide bonds. The summed E-state index contributed by atoms with van der Waals surface area (Å²) in [5.74, 6) is 1.88. The second-order valence-corrected chi connectivity index (χ2v) is 13.9. The first-order valence-corrected chi connectivity index (χ1v) is 17.8. The molecule has 11 rings (SSSR count). The van der Waals surface area contributed by atoms with Gasteiger partial charge in [0.2, 0.25) is 0 Å². The van der Waals surface area contributed by atoms with Crippen molar-refractivity contribution in [1.82, 2.24) is 19.5 Å². The fraction of sp³-hybridized carbons (Fsp3) is 0. The Hall–Kier alpha value is -6.63. The Morgan fingerprint density at radius 2 is 1.04 bits per heavy atom. The molecule has 0 spiro atoms. The molecule has 7 aromatic carbocycles. The number of thiophene rings is 1. The van der Waals surface area contributed by atoms with Crippen molar-refractivity contribution < 1.29 is 4.42 Å². The lowest BCUT2D eigenvalue weighted by Gasteiger charge is -2.12. The van der Waals surface area contributed by atoms with Gasteiger partial charge in [0, 0.05) is 64.1 Å². The number of benzene rings is 7. The van der Waals surface area contributed by atoms with Gasteiger partial charge in [-0.2, -0.15) is 0 Å². The molecule has 0 fully saturated rings. The van der Waals surface area contributed by atoms with Crippen LogP contribution in [0.3, 0.4) is 0 Å². The molecule has 51 heavy (non-hydrogen) atoms. The summed E-state index contributed by atoms with van der Waals surface area (Å²) in [6, 6.07) is 55.0. The summed E-state index contributed by atoms with van der Waals surface area (Å²) in [4.78, 5) is 15.6. The van der Waals surface area contributed by atoms with Crippen molar-refractivity contribution in [2.24, 2.45) is 0 Å². The molecule has 0 unspecified atom stereocenters. The summed E-state index contributed by atoms with van der Waals surface area (Å²) < 4.78 is 10.9. The first-order chi connectivity index (χ1) is 25.3. The molecule has 0 bridgehead atoms. The van der Waals surface area contributed by atoms with Gasteiger partial charge in [-0.05, 0) is 60.7 Å². The number of nitrogens with zero attached hydrogens (tertiary/aromatic N) is 4. The van der Waals surface area contributed by atoms with Crippen LogP contribution in [-0.4, -0.2) is 19.5 Å². The van der Waals surface area contributed by atoms with E-state index in [0.29, 0.717) is 17.5 Å². The van der Waals surface area contributed by atoms with Crippen molar-refractivity contribution in [1.29, 1.82) is 0 Å². The molecule has 0 radical (unpaired) electrons. The van der Waals surface area contributed by atoms with Crippen molar-refractivity contribution in [3.63, 3.8) is 0 Å². The van der Waals surface area contributed by atoms with Gasteiger partial charge in [0.1, 0.15) is 11.2 Å². The number of hydrogen-bond donors (Lipinski definition) is 0. The van der Waals surface area contributed by atoms with Crippen molar-refractivity contribution in [3.8, 4) is 39.9 Å². The smallest absolute Gasteiger partial charge is 0.165 e. The highest BCUT2D eigenvalue weighted by Gasteiger charge is 2.19. The maximum absolute atomic E-state index is 6.16. The average Bonchev–Trinajstić information content (AvgIpc) is 3.87. The maximum Gasteiger partial charge on any atom is 0.165 e. The largest absolute Gasteiger partial charge is 0.456 e. The summed E-state index contributed by atoms with van der Waals surface area (Å²) >= 11 is 1.78. The van der Waals surface area contributed by atoms with Crippen LogP contribution >= 0.6 is 11.3 Å². The van der Waals surface area contributed by atoms with Gasteiger partial charge in [0.05, 0.1) is 11.0 Å². The van der Waals surface area contributed by atoms with Crippen LogP contribution in [-0.2, 0) is 0 Å². The number of rotatable bonds is 4. The molecule has 0 aliphatic carbocycles. The monoisotopic (exact) mass is 670 g/mol. The van der Waals surface area contributed by atoms with Crippen molar-refractivity contribution in [2.75, 3.05) is 0 Å². The molecule has 5 nitrogen and oxygen atoms in total. The van der Waals surface area contributed by atoms with E-state index in [-0.39, 0.29) is 0 Å². The van der Waals surface area contributed by atoms with Gasteiger partial charge in [-0.3, -0.25) is 0 Å². The third kappa shape index (κ3) is 4.37. The number of hydrogen-bond acceptors (Lipinski definition) is 5. The zero-order chi connectivity index (χ0) is 33.5. The molecule has 0 aliphatic rings. The topological polar surface area (TPSA) is 56.7 Å². The molecule has 238 valence electrons. The first-order valence-electron chi connectivity index (χ1n) is 16.9. The van der Waals surface area contributed by atoms with E-state index in [0.717, 1.165) is 60.0 Å². The van der Waals surface area contributed by atoms with Gasteiger partial charge in [0.15, 0.2) is 17.5 Å². The molecule has 0 aliphatic heterocycles. The molecule has 11 aromatic rings. The van der Waals surface area contributed by atoms with Crippen LogP contribution in [0.1, 0.15) is 0 Å². The summed E-state index contributed by atoms with van der Waals surface area (Å²) in [6.07, 6.45) is 0. The zero-order valence-electron chi connectivity index (χ0n) is 27.1. The average molecular weight is 671 g/mol. The Morgan fingerprint density at radius 3 is 1.84 bits per heavy atom. The molecule has 4 aromatic heterocycles. The van der Waals surface area contributed by atoms with Crippen LogP contribution in [0.5, 0.6) is 0 Å². The van der Waals surface area contributed by atoms with Gasteiger partial charge in [0.25, 0.3) is 0 Å². The SMILES string of the molecule is c1cc(-c2nc(-c3ccc4oc5ccccc5c4c3)nc(-c3cccc4c3sc3ccccc34)n2)cc(-n2c3ccccc3c3ccccc32)c1. The van der Waals surface area contributed by atoms with Crippen LogP contribution in [0.25, 0.3) is 104 Å². The van der Waals surface area contributed by atoms with E-state index < -0.39 is 0 Å². The molecule has 4 heterocycles. The van der Waals surface area contributed by atoms with Crippen molar-refractivity contribution in [3.05, 3.63) is 158 Å². The lowest BCUT2D eigenvalue weighted by atomic mass is 10.1. The van der Waals surface area contributed by atoms with Crippen LogP contribution < -0.4 is 0 Å². The van der Waals surface area contributed by atoms with Crippen molar-refractivity contribution in [2.45, 2.75) is 0 Å². The van der Waals surface area contributed by atoms with Crippen molar-refractivity contribution >= 4 is 75.3 Å². The molecular formula is C45H26N4OS. The second-order valence-electron chi connectivity index (χ2n) is 12.8. The lowest BCUT2D eigenvalue weighted by Crippen LogP contribution is -2.01. The molecule has 6 heteroatoms. The predicted octanol–water partition coefficient (Wildman–Crippen LogP) is 12.2. The normalized spacial score (nSPS) is 11.9. The van der Waals surface area contributed by atoms with Gasteiger partial charge in [-0.1, -0.05) is 97.1 Å². The molecule has 0 atom stereocenters. The fourth-order valence-corrected chi connectivity index (χ4v) is 8.74. The number of furan rings is 1. The standard InChI is InChI=1S/C45H26N4OS/c1-5-19-37-30(13-1)31-14-2-6-20-38(31)49(37)29-12-9-11-27(25-29)43-46-44(28-23-24-40-36(26-28)32-15-3-7-21-39(32)50-40)48-45(47-43)35-18-10-17-34-33-16-4-8-22-41(33)51-42(34)35/h1-26H. The lowest BCUT2D eigenvalue weighted by molar-refractivity contribution is 0.669. The van der Waals surface area contributed by atoms with Gasteiger partial charge in [-0.15, -0.1) is 11.3 Å². The van der Waals surface area contributed by atoms with E-state index in [4.69, 9.17) is 19.4 Å². The second kappa shape index (κ2) is 10.9. The Labute approximate surface area is 295 Å². The summed E-state index contributed by atoms with van der Waals surface area (Å²) in [6.45, 7) is 0. The third-order valence-electron chi connectivity index (χ3n) is 9.86. The minimum absolute atomic E-state index is 0.613.